The molecule has 0 aromatic heterocycles. The van der Waals surface area contributed by atoms with E-state index in [9.17, 15) is 26.4 Å². The summed E-state index contributed by atoms with van der Waals surface area (Å²) in [6.45, 7) is 3.98. The number of nitrogens with zero attached hydrogens (tertiary/aromatic N) is 2. The number of nitrogens with two attached hydrogens (primary N) is 1. The van der Waals surface area contributed by atoms with Crippen LogP contribution in [0.4, 0.5) is 13.2 Å². The molecule has 3 aliphatic rings. The largest absolute Gasteiger partial charge is 0.379 e. The topological polar surface area (TPSA) is 92.9 Å². The van der Waals surface area contributed by atoms with Crippen LogP contribution in [0.5, 0.6) is 0 Å². The Morgan fingerprint density at radius 2 is 1.65 bits per heavy atom. The van der Waals surface area contributed by atoms with Crippen molar-refractivity contribution >= 4 is 15.9 Å². The summed E-state index contributed by atoms with van der Waals surface area (Å²) in [7, 11) is -3.88. The van der Waals surface area contributed by atoms with E-state index in [1.54, 1.807) is 4.90 Å². The molecule has 1 aromatic carbocycles. The van der Waals surface area contributed by atoms with Gasteiger partial charge < -0.3 is 15.4 Å². The van der Waals surface area contributed by atoms with Crippen molar-refractivity contribution in [3.8, 4) is 0 Å². The molecule has 190 valence electrons. The number of sulfonamides is 1. The number of morpholine rings is 1. The number of hydrogen-bond donors (Lipinski definition) is 1. The Morgan fingerprint density at radius 3 is 2.24 bits per heavy atom. The molecular formula is C23H32F3N3O4S. The van der Waals surface area contributed by atoms with E-state index in [0.29, 0.717) is 32.1 Å². The predicted octanol–water partition coefficient (Wildman–Crippen LogP) is 2.18. The highest BCUT2D eigenvalue weighted by Gasteiger charge is 2.53. The van der Waals surface area contributed by atoms with E-state index >= 15 is 0 Å². The second kappa shape index (κ2) is 9.40. The molecule has 0 radical (unpaired) electrons. The molecule has 0 spiro atoms. The van der Waals surface area contributed by atoms with Gasteiger partial charge in [0.2, 0.25) is 15.9 Å². The first-order valence-corrected chi connectivity index (χ1v) is 13.2. The number of rotatable bonds is 6. The molecule has 34 heavy (non-hydrogen) atoms. The van der Waals surface area contributed by atoms with Crippen LogP contribution in [-0.2, 0) is 26.0 Å². The van der Waals surface area contributed by atoms with Crippen molar-refractivity contribution < 1.29 is 31.1 Å². The van der Waals surface area contributed by atoms with Crippen LogP contribution in [-0.4, -0.2) is 72.7 Å². The van der Waals surface area contributed by atoms with E-state index in [2.05, 4.69) is 0 Å². The normalized spacial score (nSPS) is 27.1. The monoisotopic (exact) mass is 503 g/mol. The summed E-state index contributed by atoms with van der Waals surface area (Å²) in [5.74, 6) is -3.65. The summed E-state index contributed by atoms with van der Waals surface area (Å²) in [5, 5.41) is 0. The van der Waals surface area contributed by atoms with Crippen LogP contribution in [0.3, 0.4) is 0 Å². The molecule has 3 atom stereocenters. The average molecular weight is 504 g/mol. The summed E-state index contributed by atoms with van der Waals surface area (Å²) in [6.07, 6.45) is 2.66. The molecule has 0 aliphatic carbocycles. The summed E-state index contributed by atoms with van der Waals surface area (Å²) >= 11 is 0. The number of carbonyl (C=O) groups is 1. The van der Waals surface area contributed by atoms with Crippen LogP contribution in [0.15, 0.2) is 12.1 Å². The molecule has 1 aromatic rings. The lowest BCUT2D eigenvalue weighted by atomic mass is 9.82. The molecule has 3 fully saturated rings. The lowest BCUT2D eigenvalue weighted by Crippen LogP contribution is -2.60. The van der Waals surface area contributed by atoms with Gasteiger partial charge in [0, 0.05) is 37.3 Å². The van der Waals surface area contributed by atoms with E-state index in [1.807, 2.05) is 0 Å². The van der Waals surface area contributed by atoms with Gasteiger partial charge in [-0.05, 0) is 63.5 Å². The van der Waals surface area contributed by atoms with Crippen molar-refractivity contribution in [1.29, 1.82) is 0 Å². The van der Waals surface area contributed by atoms with Crippen LogP contribution in [0, 0.1) is 23.4 Å². The number of amides is 1. The van der Waals surface area contributed by atoms with E-state index in [4.69, 9.17) is 10.5 Å². The molecule has 1 amide bonds. The summed E-state index contributed by atoms with van der Waals surface area (Å²) < 4.78 is 72.5. The minimum Gasteiger partial charge on any atom is -0.379 e. The van der Waals surface area contributed by atoms with Gasteiger partial charge in [-0.2, -0.15) is 4.31 Å². The van der Waals surface area contributed by atoms with Crippen molar-refractivity contribution in [3.63, 3.8) is 0 Å². The maximum absolute atomic E-state index is 14.1. The van der Waals surface area contributed by atoms with E-state index in [1.165, 1.54) is 18.2 Å². The molecule has 3 saturated heterocycles. The van der Waals surface area contributed by atoms with Crippen molar-refractivity contribution in [2.75, 3.05) is 26.3 Å². The molecule has 7 nitrogen and oxygen atoms in total. The highest BCUT2D eigenvalue weighted by atomic mass is 32.2. The number of fused-ring (bicyclic) bond motifs is 2. The van der Waals surface area contributed by atoms with E-state index in [0.717, 1.165) is 18.9 Å². The fraction of sp³-hybridized carbons (Fsp3) is 0.696. The standard InChI is InChI=1S/C23H32F3N3O4S/c1-23(2,34(31,32)28-5-7-33-8-6-28)22(30)29-16-3-4-17(29)10-15(9-16)21(27)12-14-11-19(25)20(26)13-18(14)24/h11,13,15-17,21H,3-10,12,27H2,1-2H3/t15?,16?,17?,21-/m1/s1. The van der Waals surface area contributed by atoms with Crippen LogP contribution >= 0.6 is 0 Å². The van der Waals surface area contributed by atoms with Crippen molar-refractivity contribution in [3.05, 3.63) is 35.1 Å². The Balaban J connectivity index is 1.46. The minimum atomic E-state index is -3.88. The number of benzene rings is 1. The molecule has 0 saturated carbocycles. The lowest BCUT2D eigenvalue weighted by molar-refractivity contribution is -0.138. The first kappa shape index (κ1) is 25.4. The second-order valence-corrected chi connectivity index (χ2v) is 12.6. The zero-order chi connectivity index (χ0) is 24.8. The predicted molar refractivity (Wildman–Crippen MR) is 120 cm³/mol. The SMILES string of the molecule is CC(C)(C(=O)N1C2CCC1CC([C@H](N)Cc1cc(F)c(F)cc1F)C2)S(=O)(=O)N1CCOCC1. The molecular weight excluding hydrogens is 471 g/mol. The number of halogens is 3. The summed E-state index contributed by atoms with van der Waals surface area (Å²) in [4.78, 5) is 15.3. The molecule has 11 heteroatoms. The number of carbonyl (C=O) groups excluding carboxylic acids is 1. The minimum absolute atomic E-state index is 0.0231. The van der Waals surface area contributed by atoms with Crippen molar-refractivity contribution in [2.45, 2.75) is 68.8 Å². The Kier molecular flexibility index (Phi) is 7.03. The Morgan fingerprint density at radius 1 is 1.09 bits per heavy atom. The van der Waals surface area contributed by atoms with Gasteiger partial charge in [0.15, 0.2) is 16.4 Å². The van der Waals surface area contributed by atoms with E-state index in [-0.39, 0.29) is 43.1 Å². The van der Waals surface area contributed by atoms with Crippen LogP contribution < -0.4 is 5.73 Å². The van der Waals surface area contributed by atoms with E-state index < -0.39 is 44.2 Å². The van der Waals surface area contributed by atoms with Crippen LogP contribution in [0.1, 0.15) is 45.1 Å². The highest BCUT2D eigenvalue weighted by Crippen LogP contribution is 2.42. The third-order valence-corrected chi connectivity index (χ3v) is 10.1. The fourth-order valence-corrected chi connectivity index (χ4v) is 7.17. The smallest absolute Gasteiger partial charge is 0.245 e. The first-order chi connectivity index (χ1) is 15.9. The maximum Gasteiger partial charge on any atom is 0.245 e. The number of ether oxygens (including phenoxy) is 1. The first-order valence-electron chi connectivity index (χ1n) is 11.7. The average Bonchev–Trinajstić information content (AvgIpc) is 3.05. The Bertz CT molecular complexity index is 1030. The maximum atomic E-state index is 14.1. The third kappa shape index (κ3) is 4.47. The van der Waals surface area contributed by atoms with Gasteiger partial charge in [0.25, 0.3) is 0 Å². The quantitative estimate of drug-likeness (QED) is 0.601. The van der Waals surface area contributed by atoms with Crippen molar-refractivity contribution in [1.82, 2.24) is 9.21 Å². The Labute approximate surface area is 198 Å². The molecule has 3 heterocycles. The molecule has 2 N–H and O–H groups in total. The molecule has 2 bridgehead atoms. The van der Waals surface area contributed by atoms with Gasteiger partial charge in [-0.1, -0.05) is 0 Å². The molecule has 3 aliphatic heterocycles. The van der Waals surface area contributed by atoms with Gasteiger partial charge in [0.1, 0.15) is 5.82 Å². The lowest BCUT2D eigenvalue weighted by Gasteiger charge is -2.44. The molecule has 2 unspecified atom stereocenters. The third-order valence-electron chi connectivity index (χ3n) is 7.62. The summed E-state index contributed by atoms with van der Waals surface area (Å²) in [6, 6.07) is 0.563. The van der Waals surface area contributed by atoms with Crippen LogP contribution in [0.25, 0.3) is 0 Å². The van der Waals surface area contributed by atoms with Gasteiger partial charge in [-0.25, -0.2) is 21.6 Å². The van der Waals surface area contributed by atoms with Gasteiger partial charge >= 0.3 is 0 Å². The Hall–Kier alpha value is -1.69. The number of hydrogen-bond acceptors (Lipinski definition) is 5. The summed E-state index contributed by atoms with van der Waals surface area (Å²) in [5.41, 5.74) is 6.39. The number of piperidine rings is 1. The van der Waals surface area contributed by atoms with Gasteiger partial charge in [0.05, 0.1) is 13.2 Å². The van der Waals surface area contributed by atoms with Crippen LogP contribution in [0.2, 0.25) is 0 Å². The zero-order valence-corrected chi connectivity index (χ0v) is 20.3. The highest BCUT2D eigenvalue weighted by molar-refractivity contribution is 7.91. The van der Waals surface area contributed by atoms with Gasteiger partial charge in [-0.3, -0.25) is 4.79 Å². The molecule has 4 rings (SSSR count). The second-order valence-electron chi connectivity index (χ2n) is 10.1. The zero-order valence-electron chi connectivity index (χ0n) is 19.5. The van der Waals surface area contributed by atoms with Crippen molar-refractivity contribution in [2.24, 2.45) is 11.7 Å². The van der Waals surface area contributed by atoms with Gasteiger partial charge in [-0.15, -0.1) is 0 Å². The fourth-order valence-electron chi connectivity index (χ4n) is 5.57.